The van der Waals surface area contributed by atoms with Crippen molar-refractivity contribution < 1.29 is 9.59 Å². The Kier molecular flexibility index (Phi) is 5.28. The van der Waals surface area contributed by atoms with E-state index in [-0.39, 0.29) is 0 Å². The second-order valence-electron chi connectivity index (χ2n) is 6.38. The van der Waals surface area contributed by atoms with Crippen LogP contribution in [0, 0.1) is 5.92 Å². The fourth-order valence-corrected chi connectivity index (χ4v) is 2.91. The summed E-state index contributed by atoms with van der Waals surface area (Å²) in [6.07, 6.45) is 3.59. The second kappa shape index (κ2) is 7.79. The number of rotatable bonds is 3. The van der Waals surface area contributed by atoms with E-state index in [2.05, 4.69) is 22.5 Å². The summed E-state index contributed by atoms with van der Waals surface area (Å²) in [5.41, 5.74) is 1.43. The summed E-state index contributed by atoms with van der Waals surface area (Å²) >= 11 is 0. The molecular formula is C19H22N4O2. The summed E-state index contributed by atoms with van der Waals surface area (Å²) < 4.78 is 0. The molecule has 130 valence electrons. The molecule has 0 saturated carbocycles. The van der Waals surface area contributed by atoms with E-state index in [4.69, 9.17) is 0 Å². The fourth-order valence-electron chi connectivity index (χ4n) is 2.91. The topological polar surface area (TPSA) is 74.3 Å². The van der Waals surface area contributed by atoms with Crippen LogP contribution in [0.3, 0.4) is 0 Å². The van der Waals surface area contributed by atoms with Gasteiger partial charge in [0.25, 0.3) is 0 Å². The van der Waals surface area contributed by atoms with Crippen molar-refractivity contribution in [1.82, 2.24) is 9.88 Å². The van der Waals surface area contributed by atoms with Crippen LogP contribution in [0.4, 0.5) is 17.2 Å². The largest absolute Gasteiger partial charge is 0.340 e. The van der Waals surface area contributed by atoms with Gasteiger partial charge in [0, 0.05) is 18.8 Å². The second-order valence-corrected chi connectivity index (χ2v) is 6.38. The molecule has 25 heavy (non-hydrogen) atoms. The van der Waals surface area contributed by atoms with Gasteiger partial charge in [-0.1, -0.05) is 25.1 Å². The van der Waals surface area contributed by atoms with E-state index in [0.29, 0.717) is 30.5 Å². The zero-order valence-corrected chi connectivity index (χ0v) is 14.2. The number of hydrogen-bond donors (Lipinski definition) is 2. The quantitative estimate of drug-likeness (QED) is 0.844. The first kappa shape index (κ1) is 17.0. The lowest BCUT2D eigenvalue weighted by molar-refractivity contribution is -0.144. The van der Waals surface area contributed by atoms with Crippen molar-refractivity contribution >= 4 is 29.0 Å². The minimum atomic E-state index is -0.611. The van der Waals surface area contributed by atoms with E-state index in [1.165, 1.54) is 6.20 Å². The van der Waals surface area contributed by atoms with Crippen molar-refractivity contribution in [2.75, 3.05) is 23.7 Å². The smallest absolute Gasteiger partial charge is 0.313 e. The molecule has 0 aliphatic carbocycles. The minimum Gasteiger partial charge on any atom is -0.340 e. The molecule has 1 aliphatic rings. The van der Waals surface area contributed by atoms with Crippen LogP contribution < -0.4 is 10.6 Å². The Morgan fingerprint density at radius 2 is 1.92 bits per heavy atom. The van der Waals surface area contributed by atoms with Gasteiger partial charge in [0.1, 0.15) is 5.82 Å². The summed E-state index contributed by atoms with van der Waals surface area (Å²) in [6.45, 7) is 3.39. The number of carbonyl (C=O) groups is 2. The number of para-hydroxylation sites is 1. The van der Waals surface area contributed by atoms with Gasteiger partial charge in [-0.05, 0) is 43.0 Å². The zero-order valence-electron chi connectivity index (χ0n) is 14.2. The van der Waals surface area contributed by atoms with Gasteiger partial charge in [-0.25, -0.2) is 4.98 Å². The van der Waals surface area contributed by atoms with Gasteiger partial charge >= 0.3 is 11.8 Å². The highest BCUT2D eigenvalue weighted by Crippen LogP contribution is 2.17. The van der Waals surface area contributed by atoms with E-state index < -0.39 is 11.8 Å². The summed E-state index contributed by atoms with van der Waals surface area (Å²) in [5.74, 6) is 0.0218. The average molecular weight is 338 g/mol. The molecule has 6 heteroatoms. The highest BCUT2D eigenvalue weighted by molar-refractivity contribution is 6.39. The summed E-state index contributed by atoms with van der Waals surface area (Å²) in [5, 5.41) is 5.79. The highest BCUT2D eigenvalue weighted by atomic mass is 16.2. The number of pyridine rings is 1. The van der Waals surface area contributed by atoms with Crippen LogP contribution in [-0.2, 0) is 9.59 Å². The third kappa shape index (κ3) is 4.56. The van der Waals surface area contributed by atoms with Crippen molar-refractivity contribution in [3.05, 3.63) is 48.7 Å². The van der Waals surface area contributed by atoms with Crippen LogP contribution in [-0.4, -0.2) is 34.8 Å². The Bertz CT molecular complexity index is 731. The maximum Gasteiger partial charge on any atom is 0.313 e. The minimum absolute atomic E-state index is 0.440. The fraction of sp³-hybridized carbons (Fsp3) is 0.316. The van der Waals surface area contributed by atoms with Crippen molar-refractivity contribution in [2.45, 2.75) is 19.8 Å². The monoisotopic (exact) mass is 338 g/mol. The Labute approximate surface area is 147 Å². The number of likely N-dealkylation sites (tertiary alicyclic amines) is 1. The van der Waals surface area contributed by atoms with Crippen LogP contribution in [0.15, 0.2) is 48.7 Å². The Balaban J connectivity index is 1.57. The Morgan fingerprint density at radius 1 is 1.12 bits per heavy atom. The molecule has 0 radical (unpaired) electrons. The van der Waals surface area contributed by atoms with E-state index >= 15 is 0 Å². The molecule has 3 rings (SSSR count). The van der Waals surface area contributed by atoms with Crippen LogP contribution in [0.5, 0.6) is 0 Å². The van der Waals surface area contributed by atoms with Crippen molar-refractivity contribution in [2.24, 2.45) is 5.92 Å². The molecular weight excluding hydrogens is 316 g/mol. The maximum atomic E-state index is 12.2. The molecule has 1 atom stereocenters. The third-order valence-corrected chi connectivity index (χ3v) is 4.21. The van der Waals surface area contributed by atoms with Crippen molar-refractivity contribution in [3.8, 4) is 0 Å². The zero-order chi connectivity index (χ0) is 17.6. The van der Waals surface area contributed by atoms with Crippen molar-refractivity contribution in [3.63, 3.8) is 0 Å². The molecule has 2 N–H and O–H groups in total. The number of piperidine rings is 1. The first-order valence-electron chi connectivity index (χ1n) is 8.50. The molecule has 6 nitrogen and oxygen atoms in total. The van der Waals surface area contributed by atoms with E-state index in [9.17, 15) is 9.59 Å². The number of aromatic nitrogens is 1. The first-order chi connectivity index (χ1) is 12.1. The lowest BCUT2D eigenvalue weighted by atomic mass is 10.0. The Hall–Kier alpha value is -2.89. The Morgan fingerprint density at radius 3 is 2.60 bits per heavy atom. The van der Waals surface area contributed by atoms with E-state index in [0.717, 1.165) is 18.5 Å². The first-order valence-corrected chi connectivity index (χ1v) is 8.50. The number of hydrogen-bond acceptors (Lipinski definition) is 4. The van der Waals surface area contributed by atoms with Gasteiger partial charge in [-0.2, -0.15) is 0 Å². The third-order valence-electron chi connectivity index (χ3n) is 4.21. The van der Waals surface area contributed by atoms with Gasteiger partial charge < -0.3 is 15.5 Å². The van der Waals surface area contributed by atoms with Crippen molar-refractivity contribution in [1.29, 1.82) is 0 Å². The summed E-state index contributed by atoms with van der Waals surface area (Å²) in [4.78, 5) is 30.3. The molecule has 0 spiro atoms. The molecule has 1 aromatic heterocycles. The molecule has 1 aliphatic heterocycles. The van der Waals surface area contributed by atoms with Gasteiger partial charge in [-0.15, -0.1) is 0 Å². The molecule has 2 amide bonds. The number of benzene rings is 1. The highest BCUT2D eigenvalue weighted by Gasteiger charge is 2.26. The average Bonchev–Trinajstić information content (AvgIpc) is 2.63. The molecule has 2 aromatic rings. The number of amides is 2. The standard InChI is InChI=1S/C19H22N4O2/c1-14-6-5-11-23(13-14)19(25)18(24)22-16-9-10-17(20-12-16)21-15-7-3-2-4-8-15/h2-4,7-10,12,14H,5-6,11,13H2,1H3,(H,20,21)(H,22,24). The number of carbonyl (C=O) groups excluding carboxylic acids is 2. The molecule has 0 bridgehead atoms. The predicted molar refractivity (Wildman–Crippen MR) is 97.6 cm³/mol. The van der Waals surface area contributed by atoms with Crippen LogP contribution in [0.25, 0.3) is 0 Å². The molecule has 1 aromatic carbocycles. The lowest BCUT2D eigenvalue weighted by Gasteiger charge is -2.30. The van der Waals surface area contributed by atoms with E-state index in [1.54, 1.807) is 17.0 Å². The lowest BCUT2D eigenvalue weighted by Crippen LogP contribution is -2.44. The van der Waals surface area contributed by atoms with Crippen LogP contribution in [0.1, 0.15) is 19.8 Å². The van der Waals surface area contributed by atoms with Gasteiger partial charge in [0.2, 0.25) is 0 Å². The SMILES string of the molecule is CC1CCCN(C(=O)C(=O)Nc2ccc(Nc3ccccc3)nc2)C1. The summed E-state index contributed by atoms with van der Waals surface area (Å²) in [6, 6.07) is 13.2. The normalized spacial score (nSPS) is 17.0. The number of anilines is 3. The molecule has 1 fully saturated rings. The molecule has 1 unspecified atom stereocenters. The summed E-state index contributed by atoms with van der Waals surface area (Å²) in [7, 11) is 0. The van der Waals surface area contributed by atoms with Gasteiger partial charge in [-0.3, -0.25) is 9.59 Å². The van der Waals surface area contributed by atoms with Gasteiger partial charge in [0.15, 0.2) is 0 Å². The number of nitrogens with one attached hydrogen (secondary N) is 2. The van der Waals surface area contributed by atoms with Crippen LogP contribution >= 0.6 is 0 Å². The molecule has 2 heterocycles. The maximum absolute atomic E-state index is 12.2. The molecule has 1 saturated heterocycles. The van der Waals surface area contributed by atoms with Crippen LogP contribution in [0.2, 0.25) is 0 Å². The number of nitrogens with zero attached hydrogens (tertiary/aromatic N) is 2. The van der Waals surface area contributed by atoms with E-state index in [1.807, 2.05) is 30.3 Å². The van der Waals surface area contributed by atoms with Gasteiger partial charge in [0.05, 0.1) is 11.9 Å². The predicted octanol–water partition coefficient (Wildman–Crippen LogP) is 3.02.